The van der Waals surface area contributed by atoms with Gasteiger partial charge in [-0.1, -0.05) is 11.6 Å². The number of morpholine rings is 1. The maximum atomic E-state index is 12.3. The van der Waals surface area contributed by atoms with Crippen LogP contribution in [-0.4, -0.2) is 50.2 Å². The van der Waals surface area contributed by atoms with Gasteiger partial charge in [0.15, 0.2) is 5.76 Å². The van der Waals surface area contributed by atoms with Crippen molar-refractivity contribution in [3.05, 3.63) is 34.5 Å². The van der Waals surface area contributed by atoms with Gasteiger partial charge in [-0.05, 0) is 25.1 Å². The molecule has 1 aromatic carbocycles. The minimum Gasteiger partial charge on any atom is -0.451 e. The fraction of sp³-hybridized carbons (Fsp3) is 0.438. The lowest BCUT2D eigenvalue weighted by molar-refractivity contribution is 0.0382. The van der Waals surface area contributed by atoms with Crippen molar-refractivity contribution in [2.75, 3.05) is 39.4 Å². The Hall–Kier alpha value is -1.56. The van der Waals surface area contributed by atoms with E-state index in [0.717, 1.165) is 43.8 Å². The van der Waals surface area contributed by atoms with Gasteiger partial charge in [-0.25, -0.2) is 0 Å². The van der Waals surface area contributed by atoms with Crippen LogP contribution < -0.4 is 5.32 Å². The fourth-order valence-corrected chi connectivity index (χ4v) is 2.81. The van der Waals surface area contributed by atoms with Crippen molar-refractivity contribution in [3.8, 4) is 0 Å². The summed E-state index contributed by atoms with van der Waals surface area (Å²) in [6.07, 6.45) is 0. The summed E-state index contributed by atoms with van der Waals surface area (Å²) in [5.41, 5.74) is 1.50. The van der Waals surface area contributed by atoms with E-state index >= 15 is 0 Å². The van der Waals surface area contributed by atoms with Crippen molar-refractivity contribution < 1.29 is 13.9 Å². The summed E-state index contributed by atoms with van der Waals surface area (Å²) in [4.78, 5) is 14.6. The molecule has 0 atom stereocenters. The van der Waals surface area contributed by atoms with E-state index in [1.165, 1.54) is 0 Å². The summed E-state index contributed by atoms with van der Waals surface area (Å²) in [6.45, 7) is 6.64. The number of nitrogens with one attached hydrogen (secondary N) is 1. The number of nitrogens with zero attached hydrogens (tertiary/aromatic N) is 1. The molecule has 2 heterocycles. The number of benzene rings is 1. The number of fused-ring (bicyclic) bond motifs is 1. The van der Waals surface area contributed by atoms with Gasteiger partial charge in [-0.3, -0.25) is 9.69 Å². The predicted molar refractivity (Wildman–Crippen MR) is 85.6 cm³/mol. The van der Waals surface area contributed by atoms with Gasteiger partial charge in [0.25, 0.3) is 5.91 Å². The zero-order chi connectivity index (χ0) is 15.5. The first-order valence-corrected chi connectivity index (χ1v) is 7.80. The molecule has 0 saturated carbocycles. The lowest BCUT2D eigenvalue weighted by atomic mass is 10.1. The van der Waals surface area contributed by atoms with Crippen LogP contribution in [0.1, 0.15) is 16.1 Å². The van der Waals surface area contributed by atoms with Gasteiger partial charge in [0.2, 0.25) is 0 Å². The molecule has 22 heavy (non-hydrogen) atoms. The van der Waals surface area contributed by atoms with Gasteiger partial charge in [0.05, 0.1) is 13.2 Å². The topological polar surface area (TPSA) is 54.7 Å². The molecule has 5 nitrogen and oxygen atoms in total. The van der Waals surface area contributed by atoms with Crippen molar-refractivity contribution >= 4 is 28.5 Å². The van der Waals surface area contributed by atoms with E-state index < -0.39 is 0 Å². The van der Waals surface area contributed by atoms with Crippen LogP contribution in [0, 0.1) is 6.92 Å². The van der Waals surface area contributed by atoms with E-state index in [0.29, 0.717) is 22.9 Å². The van der Waals surface area contributed by atoms with Crippen LogP contribution >= 0.6 is 11.6 Å². The maximum absolute atomic E-state index is 12.3. The molecule has 3 rings (SSSR count). The van der Waals surface area contributed by atoms with E-state index in [4.69, 9.17) is 20.8 Å². The third-order valence-corrected chi connectivity index (χ3v) is 4.16. The highest BCUT2D eigenvalue weighted by molar-refractivity contribution is 6.31. The van der Waals surface area contributed by atoms with E-state index in [2.05, 4.69) is 10.2 Å². The summed E-state index contributed by atoms with van der Waals surface area (Å²) in [5, 5.41) is 4.43. The van der Waals surface area contributed by atoms with Crippen LogP contribution in [0.25, 0.3) is 11.0 Å². The molecule has 1 aliphatic heterocycles. The molecule has 118 valence electrons. The van der Waals surface area contributed by atoms with Gasteiger partial charge in [0, 0.05) is 42.2 Å². The van der Waals surface area contributed by atoms with Gasteiger partial charge >= 0.3 is 0 Å². The molecular formula is C16H19ClN2O3. The minimum atomic E-state index is -0.182. The molecule has 0 aliphatic carbocycles. The number of amides is 1. The summed E-state index contributed by atoms with van der Waals surface area (Å²) >= 11 is 5.99. The molecule has 1 fully saturated rings. The monoisotopic (exact) mass is 322 g/mol. The summed E-state index contributed by atoms with van der Waals surface area (Å²) in [7, 11) is 0. The van der Waals surface area contributed by atoms with Gasteiger partial charge < -0.3 is 14.5 Å². The molecular weight excluding hydrogens is 304 g/mol. The largest absolute Gasteiger partial charge is 0.451 e. The van der Waals surface area contributed by atoms with Crippen molar-refractivity contribution in [1.29, 1.82) is 0 Å². The zero-order valence-electron chi connectivity index (χ0n) is 12.5. The molecule has 0 spiro atoms. The van der Waals surface area contributed by atoms with Crippen molar-refractivity contribution in [2.24, 2.45) is 0 Å². The average molecular weight is 323 g/mol. The predicted octanol–water partition coefficient (Wildman–Crippen LogP) is 2.46. The molecule has 2 aromatic rings. The number of rotatable bonds is 4. The molecule has 0 bridgehead atoms. The first-order chi connectivity index (χ1) is 10.6. The SMILES string of the molecule is Cc1c(C(=O)NCCN2CCOCC2)oc2ccc(Cl)cc12. The lowest BCUT2D eigenvalue weighted by Crippen LogP contribution is -2.41. The second-order valence-electron chi connectivity index (χ2n) is 5.41. The first-order valence-electron chi connectivity index (χ1n) is 7.42. The second-order valence-corrected chi connectivity index (χ2v) is 5.84. The Labute approximate surface area is 134 Å². The summed E-state index contributed by atoms with van der Waals surface area (Å²) in [6, 6.07) is 5.36. The Morgan fingerprint density at radius 2 is 2.14 bits per heavy atom. The van der Waals surface area contributed by atoms with Crippen LogP contribution in [0.3, 0.4) is 0 Å². The third-order valence-electron chi connectivity index (χ3n) is 3.92. The number of furan rings is 1. The first kappa shape index (κ1) is 15.3. The Bertz CT molecular complexity index is 677. The third kappa shape index (κ3) is 3.27. The molecule has 6 heteroatoms. The van der Waals surface area contributed by atoms with Crippen LogP contribution in [0.2, 0.25) is 5.02 Å². The van der Waals surface area contributed by atoms with Crippen LogP contribution in [-0.2, 0) is 4.74 Å². The van der Waals surface area contributed by atoms with Crippen LogP contribution in [0.5, 0.6) is 0 Å². The van der Waals surface area contributed by atoms with Crippen LogP contribution in [0.15, 0.2) is 22.6 Å². The van der Waals surface area contributed by atoms with E-state index in [1.807, 2.05) is 13.0 Å². The molecule has 0 radical (unpaired) electrons. The molecule has 1 aliphatic rings. The van der Waals surface area contributed by atoms with E-state index in [9.17, 15) is 4.79 Å². The quantitative estimate of drug-likeness (QED) is 0.939. The summed E-state index contributed by atoms with van der Waals surface area (Å²) in [5.74, 6) is 0.178. The second kappa shape index (κ2) is 6.69. The number of carbonyl (C=O) groups is 1. The Morgan fingerprint density at radius 1 is 1.36 bits per heavy atom. The molecule has 1 amide bonds. The highest BCUT2D eigenvalue weighted by Gasteiger charge is 2.18. The van der Waals surface area contributed by atoms with Gasteiger partial charge in [-0.2, -0.15) is 0 Å². The van der Waals surface area contributed by atoms with Gasteiger partial charge in [-0.15, -0.1) is 0 Å². The number of ether oxygens (including phenoxy) is 1. The minimum absolute atomic E-state index is 0.182. The highest BCUT2D eigenvalue weighted by atomic mass is 35.5. The molecule has 1 saturated heterocycles. The van der Waals surface area contributed by atoms with E-state index in [1.54, 1.807) is 12.1 Å². The summed E-state index contributed by atoms with van der Waals surface area (Å²) < 4.78 is 11.0. The Balaban J connectivity index is 1.63. The molecule has 1 N–H and O–H groups in total. The average Bonchev–Trinajstić information content (AvgIpc) is 2.85. The van der Waals surface area contributed by atoms with Gasteiger partial charge in [0.1, 0.15) is 5.58 Å². The zero-order valence-corrected chi connectivity index (χ0v) is 13.3. The fourth-order valence-electron chi connectivity index (χ4n) is 2.64. The highest BCUT2D eigenvalue weighted by Crippen LogP contribution is 2.27. The number of hydrogen-bond donors (Lipinski definition) is 1. The van der Waals surface area contributed by atoms with Crippen molar-refractivity contribution in [1.82, 2.24) is 10.2 Å². The lowest BCUT2D eigenvalue weighted by Gasteiger charge is -2.26. The molecule has 0 unspecified atom stereocenters. The Morgan fingerprint density at radius 3 is 2.91 bits per heavy atom. The number of carbonyl (C=O) groups excluding carboxylic acids is 1. The normalized spacial score (nSPS) is 16.1. The van der Waals surface area contributed by atoms with Crippen molar-refractivity contribution in [3.63, 3.8) is 0 Å². The molecule has 1 aromatic heterocycles. The standard InChI is InChI=1S/C16H19ClN2O3/c1-11-13-10-12(17)2-3-14(13)22-15(11)16(20)18-4-5-19-6-8-21-9-7-19/h2-3,10H,4-9H2,1H3,(H,18,20). The smallest absolute Gasteiger partial charge is 0.287 e. The number of halogens is 1. The van der Waals surface area contributed by atoms with Crippen LogP contribution in [0.4, 0.5) is 0 Å². The van der Waals surface area contributed by atoms with Crippen molar-refractivity contribution in [2.45, 2.75) is 6.92 Å². The Kier molecular flexibility index (Phi) is 4.66. The van der Waals surface area contributed by atoms with E-state index in [-0.39, 0.29) is 5.91 Å². The number of hydrogen-bond acceptors (Lipinski definition) is 4. The number of aryl methyl sites for hydroxylation is 1. The maximum Gasteiger partial charge on any atom is 0.287 e.